The molecule has 0 radical (unpaired) electrons. The van der Waals surface area contributed by atoms with E-state index in [4.69, 9.17) is 0 Å². The summed E-state index contributed by atoms with van der Waals surface area (Å²) in [6, 6.07) is 6.50. The second kappa shape index (κ2) is 8.37. The summed E-state index contributed by atoms with van der Waals surface area (Å²) < 4.78 is 42.0. The first kappa shape index (κ1) is 20.4. The third-order valence-corrected chi connectivity index (χ3v) is 5.76. The predicted molar refractivity (Wildman–Crippen MR) is 97.8 cm³/mol. The van der Waals surface area contributed by atoms with Gasteiger partial charge in [0.25, 0.3) is 0 Å². The summed E-state index contributed by atoms with van der Waals surface area (Å²) in [7, 11) is 0. The Hall–Kier alpha value is -1.31. The normalized spacial score (nSPS) is 25.1. The summed E-state index contributed by atoms with van der Waals surface area (Å²) >= 11 is 0. The van der Waals surface area contributed by atoms with Gasteiger partial charge in [0.05, 0.1) is 5.60 Å². The Morgan fingerprint density at radius 3 is 2.70 bits per heavy atom. The van der Waals surface area contributed by atoms with Crippen LogP contribution in [0.2, 0.25) is 0 Å². The highest BCUT2D eigenvalue weighted by molar-refractivity contribution is 5.33. The molecule has 152 valence electrons. The molecular weight excluding hydrogens is 357 g/mol. The maximum atomic E-state index is 12.6. The number of hydrogen-bond donors (Lipinski definition) is 2. The van der Waals surface area contributed by atoms with E-state index in [1.54, 1.807) is 6.07 Å². The molecule has 0 spiro atoms. The van der Waals surface area contributed by atoms with E-state index in [1.807, 2.05) is 6.07 Å². The van der Waals surface area contributed by atoms with Crippen LogP contribution in [0.15, 0.2) is 24.3 Å². The van der Waals surface area contributed by atoms with Crippen molar-refractivity contribution in [2.45, 2.75) is 63.0 Å². The van der Waals surface area contributed by atoms with E-state index < -0.39 is 12.0 Å². The molecule has 0 bridgehead atoms. The number of halogens is 3. The molecule has 1 unspecified atom stereocenters. The summed E-state index contributed by atoms with van der Waals surface area (Å²) in [5, 5.41) is 14.8. The topological polar surface area (TPSA) is 44.7 Å². The first-order chi connectivity index (χ1) is 12.8. The number of ether oxygens (including phenoxy) is 1. The molecule has 1 aliphatic carbocycles. The predicted octanol–water partition coefficient (Wildman–Crippen LogP) is 3.66. The van der Waals surface area contributed by atoms with Gasteiger partial charge < -0.3 is 15.2 Å². The number of nitrogens with zero attached hydrogens (tertiary/aromatic N) is 1. The van der Waals surface area contributed by atoms with E-state index >= 15 is 0 Å². The fourth-order valence-corrected chi connectivity index (χ4v) is 4.46. The molecular formula is C20H29F3N2O2. The molecule has 2 atom stereocenters. The van der Waals surface area contributed by atoms with Crippen molar-refractivity contribution in [1.82, 2.24) is 10.2 Å². The van der Waals surface area contributed by atoms with Gasteiger partial charge in [0.1, 0.15) is 5.75 Å². The van der Waals surface area contributed by atoms with E-state index in [1.165, 1.54) is 12.1 Å². The Balaban J connectivity index is 1.86. The van der Waals surface area contributed by atoms with Crippen molar-refractivity contribution in [2.24, 2.45) is 0 Å². The van der Waals surface area contributed by atoms with Gasteiger partial charge >= 0.3 is 6.36 Å². The van der Waals surface area contributed by atoms with Gasteiger partial charge in [0.2, 0.25) is 0 Å². The van der Waals surface area contributed by atoms with Crippen LogP contribution in [0.25, 0.3) is 0 Å². The van der Waals surface area contributed by atoms with Crippen molar-refractivity contribution in [2.75, 3.05) is 26.2 Å². The van der Waals surface area contributed by atoms with Crippen LogP contribution < -0.4 is 10.1 Å². The first-order valence-corrected chi connectivity index (χ1v) is 9.79. The van der Waals surface area contributed by atoms with Crippen LogP contribution >= 0.6 is 0 Å². The molecule has 0 amide bonds. The lowest BCUT2D eigenvalue weighted by molar-refractivity contribution is -0.274. The van der Waals surface area contributed by atoms with Crippen LogP contribution in [0.3, 0.4) is 0 Å². The van der Waals surface area contributed by atoms with Gasteiger partial charge in [-0.25, -0.2) is 0 Å². The van der Waals surface area contributed by atoms with Crippen LogP contribution in [-0.4, -0.2) is 54.2 Å². The minimum Gasteiger partial charge on any atom is -0.406 e. The third kappa shape index (κ3) is 5.59. The number of rotatable bonds is 5. The van der Waals surface area contributed by atoms with Crippen LogP contribution in [0.4, 0.5) is 13.2 Å². The van der Waals surface area contributed by atoms with E-state index in [0.29, 0.717) is 31.0 Å². The van der Waals surface area contributed by atoms with E-state index in [-0.39, 0.29) is 11.7 Å². The highest BCUT2D eigenvalue weighted by atomic mass is 19.4. The maximum Gasteiger partial charge on any atom is 0.573 e. The molecule has 2 fully saturated rings. The lowest BCUT2D eigenvalue weighted by atomic mass is 9.72. The molecule has 7 heteroatoms. The molecule has 1 heterocycles. The smallest absolute Gasteiger partial charge is 0.406 e. The van der Waals surface area contributed by atoms with Crippen molar-refractivity contribution < 1.29 is 23.0 Å². The number of benzene rings is 1. The zero-order valence-electron chi connectivity index (χ0n) is 15.8. The molecule has 3 rings (SSSR count). The van der Waals surface area contributed by atoms with Gasteiger partial charge in [-0.15, -0.1) is 13.2 Å². The first-order valence-electron chi connectivity index (χ1n) is 9.79. The minimum atomic E-state index is -4.72. The minimum absolute atomic E-state index is 0.224. The highest BCUT2D eigenvalue weighted by Crippen LogP contribution is 2.41. The Morgan fingerprint density at radius 1 is 1.30 bits per heavy atom. The van der Waals surface area contributed by atoms with Gasteiger partial charge in [0, 0.05) is 38.1 Å². The fraction of sp³-hybridized carbons (Fsp3) is 0.700. The third-order valence-electron chi connectivity index (χ3n) is 5.76. The zero-order chi connectivity index (χ0) is 19.5. The Morgan fingerprint density at radius 2 is 2.04 bits per heavy atom. The van der Waals surface area contributed by atoms with Crippen LogP contribution in [0.1, 0.15) is 50.5 Å². The molecule has 1 saturated carbocycles. The largest absolute Gasteiger partial charge is 0.573 e. The van der Waals surface area contributed by atoms with Gasteiger partial charge in [-0.3, -0.25) is 4.90 Å². The van der Waals surface area contributed by atoms with Crippen molar-refractivity contribution in [3.05, 3.63) is 29.8 Å². The SMILES string of the molecule is CC1CN(C[C@H](c2cccc(OC(F)(F)F)c2)C2(O)CCCCC2)CCN1. The van der Waals surface area contributed by atoms with Crippen LogP contribution in [-0.2, 0) is 0 Å². The van der Waals surface area contributed by atoms with Crippen LogP contribution in [0, 0.1) is 0 Å². The molecule has 1 aromatic rings. The average Bonchev–Trinajstić information content (AvgIpc) is 2.59. The number of alkyl halides is 3. The Bertz CT molecular complexity index is 617. The second-order valence-electron chi connectivity index (χ2n) is 7.95. The Kier molecular flexibility index (Phi) is 6.33. The van der Waals surface area contributed by atoms with Gasteiger partial charge in [0.15, 0.2) is 0 Å². The summed E-state index contributed by atoms with van der Waals surface area (Å²) in [4.78, 5) is 2.30. The van der Waals surface area contributed by atoms with E-state index in [0.717, 1.165) is 38.9 Å². The number of nitrogens with one attached hydrogen (secondary N) is 1. The highest BCUT2D eigenvalue weighted by Gasteiger charge is 2.40. The van der Waals surface area contributed by atoms with Crippen molar-refractivity contribution in [1.29, 1.82) is 0 Å². The van der Waals surface area contributed by atoms with Gasteiger partial charge in [-0.05, 0) is 37.5 Å². The number of hydrogen-bond acceptors (Lipinski definition) is 4. The quantitative estimate of drug-likeness (QED) is 0.811. The van der Waals surface area contributed by atoms with Gasteiger partial charge in [-0.2, -0.15) is 0 Å². The summed E-state index contributed by atoms with van der Waals surface area (Å²) in [5.74, 6) is -0.460. The number of aliphatic hydroxyl groups is 1. The van der Waals surface area contributed by atoms with E-state index in [2.05, 4.69) is 21.9 Å². The lowest BCUT2D eigenvalue weighted by Gasteiger charge is -2.43. The standard InChI is InChI=1S/C20H29F3N2O2/c1-15-13-25(11-10-24-15)14-18(19(26)8-3-2-4-9-19)16-6-5-7-17(12-16)27-20(21,22)23/h5-7,12,15,18,24,26H,2-4,8-11,13-14H2,1H3/t15?,18-/m1/s1. The Labute approximate surface area is 158 Å². The van der Waals surface area contributed by atoms with Gasteiger partial charge in [-0.1, -0.05) is 31.4 Å². The van der Waals surface area contributed by atoms with E-state index in [9.17, 15) is 18.3 Å². The molecule has 1 aliphatic heterocycles. The van der Waals surface area contributed by atoms with Crippen molar-refractivity contribution >= 4 is 0 Å². The molecule has 1 aromatic carbocycles. The molecule has 2 aliphatic rings. The van der Waals surface area contributed by atoms with Crippen molar-refractivity contribution in [3.8, 4) is 5.75 Å². The molecule has 27 heavy (non-hydrogen) atoms. The van der Waals surface area contributed by atoms with Crippen molar-refractivity contribution in [3.63, 3.8) is 0 Å². The fourth-order valence-electron chi connectivity index (χ4n) is 4.46. The molecule has 0 aromatic heterocycles. The molecule has 1 saturated heterocycles. The number of piperazine rings is 1. The average molecular weight is 386 g/mol. The summed E-state index contributed by atoms with van der Waals surface area (Å²) in [5.41, 5.74) is -0.171. The zero-order valence-corrected chi connectivity index (χ0v) is 15.8. The summed E-state index contributed by atoms with van der Waals surface area (Å²) in [6.07, 6.45) is -0.360. The maximum absolute atomic E-state index is 12.6. The summed E-state index contributed by atoms with van der Waals surface area (Å²) in [6.45, 7) is 5.37. The molecule has 4 nitrogen and oxygen atoms in total. The second-order valence-corrected chi connectivity index (χ2v) is 7.95. The monoisotopic (exact) mass is 386 g/mol. The molecule has 2 N–H and O–H groups in total. The lowest BCUT2D eigenvalue weighted by Crippen LogP contribution is -2.52. The van der Waals surface area contributed by atoms with Crippen LogP contribution in [0.5, 0.6) is 5.75 Å².